The molecule has 1 aliphatic rings. The van der Waals surface area contributed by atoms with Crippen LogP contribution in [-0.4, -0.2) is 11.7 Å². The van der Waals surface area contributed by atoms with Crippen molar-refractivity contribution in [3.63, 3.8) is 0 Å². The minimum atomic E-state index is -0.217. The van der Waals surface area contributed by atoms with Crippen LogP contribution >= 0.6 is 0 Å². The molecule has 0 atom stereocenters. The first-order chi connectivity index (χ1) is 12.6. The molecule has 1 aliphatic heterocycles. The largest absolute Gasteiger partial charge is 0.321 e. The molecule has 0 aliphatic carbocycles. The summed E-state index contributed by atoms with van der Waals surface area (Å²) in [5, 5.41) is 0. The first kappa shape index (κ1) is 16.3. The molecule has 0 N–H and O–H groups in total. The maximum absolute atomic E-state index is 12.7. The number of benzene rings is 3. The number of aryl methyl sites for hydroxylation is 2. The van der Waals surface area contributed by atoms with Crippen LogP contribution in [0.4, 0.5) is 5.69 Å². The monoisotopic (exact) mass is 340 g/mol. The van der Waals surface area contributed by atoms with Crippen molar-refractivity contribution in [3.05, 3.63) is 101 Å². The lowest BCUT2D eigenvalue weighted by atomic mass is 10.1. The zero-order valence-corrected chi connectivity index (χ0v) is 14.9. The Balaban J connectivity index is 1.80. The van der Waals surface area contributed by atoms with E-state index < -0.39 is 0 Å². The number of fused-ring (bicyclic) bond motifs is 1. The predicted molar refractivity (Wildman–Crippen MR) is 106 cm³/mol. The van der Waals surface area contributed by atoms with Crippen molar-refractivity contribution in [1.82, 2.24) is 0 Å². The number of nitrogens with zero attached hydrogens (tertiary/aromatic N) is 2. The lowest BCUT2D eigenvalue weighted by Crippen LogP contribution is -2.25. The summed E-state index contributed by atoms with van der Waals surface area (Å²) in [6.07, 6.45) is 0. The summed E-state index contributed by atoms with van der Waals surface area (Å²) in [6.45, 7) is 4.93. The van der Waals surface area contributed by atoms with Gasteiger partial charge in [-0.25, -0.2) is 0 Å². The molecule has 3 heteroatoms. The van der Waals surface area contributed by atoms with Gasteiger partial charge in [-0.3, -0.25) is 4.79 Å². The average Bonchev–Trinajstić information content (AvgIpc) is 3.03. The van der Waals surface area contributed by atoms with Gasteiger partial charge in [-0.15, -0.1) is 0 Å². The molecular weight excluding hydrogens is 320 g/mol. The van der Waals surface area contributed by atoms with Crippen LogP contribution in [0, 0.1) is 13.8 Å². The Labute approximate surface area is 153 Å². The fraction of sp³-hybridized carbons (Fsp3) is 0.130. The van der Waals surface area contributed by atoms with Gasteiger partial charge in [0.2, 0.25) is 0 Å². The van der Waals surface area contributed by atoms with E-state index in [4.69, 9.17) is 0 Å². The lowest BCUT2D eigenvalue weighted by molar-refractivity contribution is 0.100. The Morgan fingerprint density at radius 2 is 1.62 bits per heavy atom. The summed E-state index contributed by atoms with van der Waals surface area (Å²) >= 11 is 0. The van der Waals surface area contributed by atoms with Crippen molar-refractivity contribution in [2.75, 3.05) is 4.90 Å². The van der Waals surface area contributed by atoms with Crippen LogP contribution in [0.3, 0.4) is 0 Å². The molecule has 0 radical (unpaired) electrons. The lowest BCUT2D eigenvalue weighted by Gasteiger charge is -2.20. The first-order valence-electron chi connectivity index (χ1n) is 8.74. The van der Waals surface area contributed by atoms with Crippen LogP contribution < -0.4 is 4.90 Å². The molecule has 3 aromatic carbocycles. The van der Waals surface area contributed by atoms with Gasteiger partial charge in [-0.05, 0) is 54.8 Å². The highest BCUT2D eigenvalue weighted by atomic mass is 16.1. The molecule has 1 amide bonds. The summed E-state index contributed by atoms with van der Waals surface area (Å²) in [7, 11) is 0. The number of anilines is 1. The van der Waals surface area contributed by atoms with Gasteiger partial charge in [-0.2, -0.15) is 4.99 Å². The second-order valence-electron chi connectivity index (χ2n) is 6.62. The van der Waals surface area contributed by atoms with Gasteiger partial charge in [-0.1, -0.05) is 48.5 Å². The normalized spacial score (nSPS) is 14.5. The zero-order valence-electron chi connectivity index (χ0n) is 14.9. The molecular formula is C23H20N2O. The highest BCUT2D eigenvalue weighted by Crippen LogP contribution is 2.30. The highest BCUT2D eigenvalue weighted by molar-refractivity contribution is 6.18. The molecule has 0 aromatic heterocycles. The van der Waals surface area contributed by atoms with Crippen molar-refractivity contribution >= 4 is 17.4 Å². The zero-order chi connectivity index (χ0) is 18.1. The fourth-order valence-electron chi connectivity index (χ4n) is 3.24. The summed E-state index contributed by atoms with van der Waals surface area (Å²) in [5.41, 5.74) is 6.35. The second-order valence-corrected chi connectivity index (χ2v) is 6.62. The second kappa shape index (κ2) is 6.60. The number of hydrogen-bond acceptors (Lipinski definition) is 1. The van der Waals surface area contributed by atoms with Crippen LogP contribution in [0.25, 0.3) is 0 Å². The van der Waals surface area contributed by atoms with Crippen LogP contribution in [0.1, 0.15) is 32.6 Å². The van der Waals surface area contributed by atoms with Gasteiger partial charge < -0.3 is 4.90 Å². The SMILES string of the molecule is Cc1ccc(N2Cc3ccccc3C2=NC(=O)c2ccccc2)cc1C. The standard InChI is InChI=1S/C23H20N2O/c1-16-12-13-20(14-17(16)2)25-15-19-10-6-7-11-21(19)22(25)24-23(26)18-8-4-3-5-9-18/h3-14H,15H2,1-2H3. The van der Waals surface area contributed by atoms with Gasteiger partial charge in [0.25, 0.3) is 5.91 Å². The van der Waals surface area contributed by atoms with Gasteiger partial charge in [0.1, 0.15) is 5.84 Å². The predicted octanol–water partition coefficient (Wildman–Crippen LogP) is 4.91. The topological polar surface area (TPSA) is 32.7 Å². The van der Waals surface area contributed by atoms with E-state index in [1.54, 1.807) is 12.1 Å². The molecule has 3 aromatic rings. The summed E-state index contributed by atoms with van der Waals surface area (Å²) in [5.74, 6) is 0.504. The Morgan fingerprint density at radius 3 is 2.38 bits per heavy atom. The van der Waals surface area contributed by atoms with Crippen LogP contribution in [0.15, 0.2) is 77.8 Å². The molecule has 0 saturated carbocycles. The van der Waals surface area contributed by atoms with E-state index in [0.717, 1.165) is 23.6 Å². The third kappa shape index (κ3) is 2.92. The molecule has 128 valence electrons. The maximum atomic E-state index is 12.7. The van der Waals surface area contributed by atoms with Gasteiger partial charge in [0.15, 0.2) is 0 Å². The quantitative estimate of drug-likeness (QED) is 0.664. The Bertz CT molecular complexity index is 1010. The number of aliphatic imine (C=N–C) groups is 1. The number of hydrogen-bond donors (Lipinski definition) is 0. The number of rotatable bonds is 2. The van der Waals surface area contributed by atoms with Crippen molar-refractivity contribution in [3.8, 4) is 0 Å². The van der Waals surface area contributed by atoms with E-state index in [-0.39, 0.29) is 5.91 Å². The molecule has 0 saturated heterocycles. The fourth-order valence-corrected chi connectivity index (χ4v) is 3.24. The highest BCUT2D eigenvalue weighted by Gasteiger charge is 2.27. The van der Waals surface area contributed by atoms with Crippen molar-refractivity contribution in [2.45, 2.75) is 20.4 Å². The summed E-state index contributed by atoms with van der Waals surface area (Å²) < 4.78 is 0. The van der Waals surface area contributed by atoms with E-state index in [1.165, 1.54) is 16.7 Å². The van der Waals surface area contributed by atoms with Gasteiger partial charge in [0, 0.05) is 16.8 Å². The third-order valence-corrected chi connectivity index (χ3v) is 4.87. The smallest absolute Gasteiger partial charge is 0.278 e. The number of carbonyl (C=O) groups is 1. The molecule has 26 heavy (non-hydrogen) atoms. The molecule has 0 bridgehead atoms. The van der Waals surface area contributed by atoms with Gasteiger partial charge in [0.05, 0.1) is 6.54 Å². The van der Waals surface area contributed by atoms with Gasteiger partial charge >= 0.3 is 0 Å². The van der Waals surface area contributed by atoms with Crippen molar-refractivity contribution in [2.24, 2.45) is 4.99 Å². The van der Waals surface area contributed by atoms with Crippen LogP contribution in [0.2, 0.25) is 0 Å². The Kier molecular flexibility index (Phi) is 4.13. The average molecular weight is 340 g/mol. The molecule has 1 heterocycles. The van der Waals surface area contributed by atoms with Crippen molar-refractivity contribution in [1.29, 1.82) is 0 Å². The minimum Gasteiger partial charge on any atom is -0.321 e. The molecule has 3 nitrogen and oxygen atoms in total. The first-order valence-corrected chi connectivity index (χ1v) is 8.74. The van der Waals surface area contributed by atoms with E-state index in [0.29, 0.717) is 5.56 Å². The van der Waals surface area contributed by atoms with E-state index in [9.17, 15) is 4.79 Å². The molecule has 0 fully saturated rings. The van der Waals surface area contributed by atoms with Crippen LogP contribution in [-0.2, 0) is 6.54 Å². The molecule has 4 rings (SSSR count). The van der Waals surface area contributed by atoms with E-state index in [2.05, 4.69) is 48.0 Å². The molecule has 0 unspecified atom stereocenters. The third-order valence-electron chi connectivity index (χ3n) is 4.87. The number of amides is 1. The maximum Gasteiger partial charge on any atom is 0.278 e. The Morgan fingerprint density at radius 1 is 0.885 bits per heavy atom. The number of carbonyl (C=O) groups excluding carboxylic acids is 1. The van der Waals surface area contributed by atoms with Crippen molar-refractivity contribution < 1.29 is 4.79 Å². The van der Waals surface area contributed by atoms with E-state index >= 15 is 0 Å². The number of amidine groups is 1. The van der Waals surface area contributed by atoms with Crippen LogP contribution in [0.5, 0.6) is 0 Å². The Hall–Kier alpha value is -3.20. The molecule has 0 spiro atoms. The summed E-state index contributed by atoms with van der Waals surface area (Å²) in [6, 6.07) is 23.7. The van der Waals surface area contributed by atoms with E-state index in [1.807, 2.05) is 36.4 Å². The minimum absolute atomic E-state index is 0.217. The summed E-state index contributed by atoms with van der Waals surface area (Å²) in [4.78, 5) is 19.3.